The number of halogens is 1. The number of phenolic OH excluding ortho intramolecular Hbond substituents is 2. The molecule has 0 unspecified atom stereocenters. The van der Waals surface area contributed by atoms with Crippen LogP contribution in [0.5, 0.6) is 11.5 Å². The van der Waals surface area contributed by atoms with Crippen molar-refractivity contribution >= 4 is 23.5 Å². The molecule has 0 heterocycles. The van der Waals surface area contributed by atoms with Gasteiger partial charge in [0.1, 0.15) is 17.2 Å². The Hall–Kier alpha value is -2.78. The van der Waals surface area contributed by atoms with E-state index in [2.05, 4.69) is 25.8 Å². The van der Waals surface area contributed by atoms with Gasteiger partial charge < -0.3 is 10.2 Å². The molecule has 28 heavy (non-hydrogen) atoms. The van der Waals surface area contributed by atoms with Crippen LogP contribution in [0.15, 0.2) is 65.7 Å². The maximum atomic E-state index is 10.2. The Bertz CT molecular complexity index is 1020. The fraction of sp³-hybridized carbons (Fsp3) is 0.208. The minimum atomic E-state index is -0.0466. The lowest BCUT2D eigenvalue weighted by Crippen LogP contribution is -2.10. The zero-order chi connectivity index (χ0) is 20.3. The lowest BCUT2D eigenvalue weighted by molar-refractivity contribution is 0.473. The number of hydrogen-bond acceptors (Lipinski definition) is 3. The summed E-state index contributed by atoms with van der Waals surface area (Å²) in [5.74, 6) is 0.245. The molecule has 3 nitrogen and oxygen atoms in total. The van der Waals surface area contributed by atoms with E-state index in [1.807, 2.05) is 48.5 Å². The second-order valence-electron chi connectivity index (χ2n) is 7.87. The van der Waals surface area contributed by atoms with Crippen molar-refractivity contribution in [2.45, 2.75) is 32.6 Å². The van der Waals surface area contributed by atoms with E-state index in [1.165, 1.54) is 0 Å². The van der Waals surface area contributed by atoms with Gasteiger partial charge in [-0.05, 0) is 58.9 Å². The van der Waals surface area contributed by atoms with Gasteiger partial charge in [0, 0.05) is 16.8 Å². The monoisotopic (exact) mass is 393 g/mol. The van der Waals surface area contributed by atoms with E-state index in [1.54, 1.807) is 18.3 Å². The van der Waals surface area contributed by atoms with E-state index in [9.17, 15) is 10.2 Å². The largest absolute Gasteiger partial charge is 0.507 e. The van der Waals surface area contributed by atoms with E-state index in [-0.39, 0.29) is 16.9 Å². The van der Waals surface area contributed by atoms with Gasteiger partial charge in [-0.15, -0.1) is 0 Å². The van der Waals surface area contributed by atoms with Gasteiger partial charge in [-0.1, -0.05) is 62.7 Å². The second kappa shape index (κ2) is 8.07. The zero-order valence-electron chi connectivity index (χ0n) is 16.3. The van der Waals surface area contributed by atoms with Crippen LogP contribution in [0, 0.1) is 0 Å². The number of benzene rings is 3. The molecule has 0 aliphatic rings. The van der Waals surface area contributed by atoms with Crippen LogP contribution in [0.2, 0.25) is 5.02 Å². The third-order valence-electron chi connectivity index (χ3n) is 4.63. The zero-order valence-corrected chi connectivity index (χ0v) is 17.0. The second-order valence-corrected chi connectivity index (χ2v) is 8.28. The summed E-state index contributed by atoms with van der Waals surface area (Å²) in [6.07, 6.45) is 2.23. The number of aliphatic imine (C=N–C) groups is 1. The van der Waals surface area contributed by atoms with Gasteiger partial charge in [0.25, 0.3) is 0 Å². The van der Waals surface area contributed by atoms with Crippen LogP contribution in [0.25, 0.3) is 0 Å². The summed E-state index contributed by atoms with van der Waals surface area (Å²) in [6.45, 7) is 6.32. The molecule has 144 valence electrons. The Morgan fingerprint density at radius 2 is 1.64 bits per heavy atom. The topological polar surface area (TPSA) is 52.8 Å². The molecule has 0 aliphatic carbocycles. The van der Waals surface area contributed by atoms with E-state index < -0.39 is 0 Å². The minimum Gasteiger partial charge on any atom is -0.507 e. The molecule has 0 radical (unpaired) electrons. The minimum absolute atomic E-state index is 0.0466. The summed E-state index contributed by atoms with van der Waals surface area (Å²) >= 11 is 6.25. The maximum Gasteiger partial charge on any atom is 0.141 e. The molecular formula is C24H24ClNO2. The van der Waals surface area contributed by atoms with Crippen LogP contribution in [-0.2, 0) is 11.8 Å². The average Bonchev–Trinajstić information content (AvgIpc) is 2.64. The Kier molecular flexibility index (Phi) is 5.76. The van der Waals surface area contributed by atoms with Crippen LogP contribution < -0.4 is 0 Å². The van der Waals surface area contributed by atoms with Crippen molar-refractivity contribution in [2.75, 3.05) is 0 Å². The molecule has 3 rings (SSSR count). The van der Waals surface area contributed by atoms with Crippen molar-refractivity contribution in [1.29, 1.82) is 0 Å². The maximum absolute atomic E-state index is 10.2. The van der Waals surface area contributed by atoms with Crippen LogP contribution in [0.4, 0.5) is 5.69 Å². The predicted octanol–water partition coefficient (Wildman–Crippen LogP) is 6.39. The van der Waals surface area contributed by atoms with Crippen molar-refractivity contribution in [3.05, 3.63) is 87.9 Å². The first-order valence-electron chi connectivity index (χ1n) is 9.17. The van der Waals surface area contributed by atoms with Gasteiger partial charge in [-0.25, -0.2) is 0 Å². The molecule has 0 atom stereocenters. The molecule has 0 aliphatic heterocycles. The van der Waals surface area contributed by atoms with Gasteiger partial charge in [0.2, 0.25) is 0 Å². The van der Waals surface area contributed by atoms with Crippen molar-refractivity contribution < 1.29 is 10.2 Å². The highest BCUT2D eigenvalue weighted by molar-refractivity contribution is 6.31. The quantitative estimate of drug-likeness (QED) is 0.504. The third kappa shape index (κ3) is 4.73. The Morgan fingerprint density at radius 1 is 0.929 bits per heavy atom. The summed E-state index contributed by atoms with van der Waals surface area (Å²) < 4.78 is 0. The number of aromatic hydroxyl groups is 2. The Balaban J connectivity index is 1.89. The van der Waals surface area contributed by atoms with E-state index in [0.717, 1.165) is 21.7 Å². The fourth-order valence-corrected chi connectivity index (χ4v) is 3.11. The molecule has 2 N–H and O–H groups in total. The molecular weight excluding hydrogens is 370 g/mol. The van der Waals surface area contributed by atoms with Gasteiger partial charge in [-0.2, -0.15) is 0 Å². The SMILES string of the molecule is CC(C)(C)c1ccc(O)c(N=Cc2cc(Cc3ccccc3Cl)ccc2O)c1. The summed E-state index contributed by atoms with van der Waals surface area (Å²) in [5.41, 5.74) is 4.13. The van der Waals surface area contributed by atoms with E-state index in [0.29, 0.717) is 17.7 Å². The summed E-state index contributed by atoms with van der Waals surface area (Å²) in [4.78, 5) is 4.42. The van der Waals surface area contributed by atoms with Crippen LogP contribution in [-0.4, -0.2) is 16.4 Å². The molecule has 0 saturated heterocycles. The van der Waals surface area contributed by atoms with Crippen LogP contribution in [0.3, 0.4) is 0 Å². The summed E-state index contributed by atoms with van der Waals surface area (Å²) in [5, 5.41) is 21.1. The molecule has 0 spiro atoms. The van der Waals surface area contributed by atoms with E-state index in [4.69, 9.17) is 11.6 Å². The lowest BCUT2D eigenvalue weighted by Gasteiger charge is -2.19. The van der Waals surface area contributed by atoms with Gasteiger partial charge in [0.15, 0.2) is 0 Å². The number of nitrogens with zero attached hydrogens (tertiary/aromatic N) is 1. The number of hydrogen-bond donors (Lipinski definition) is 2. The first kappa shape index (κ1) is 20.0. The smallest absolute Gasteiger partial charge is 0.141 e. The van der Waals surface area contributed by atoms with Gasteiger partial charge in [0.05, 0.1) is 0 Å². The first-order valence-corrected chi connectivity index (χ1v) is 9.55. The Labute approximate surface area is 171 Å². The first-order chi connectivity index (χ1) is 13.2. The highest BCUT2D eigenvalue weighted by Crippen LogP contribution is 2.33. The lowest BCUT2D eigenvalue weighted by atomic mass is 9.87. The summed E-state index contributed by atoms with van der Waals surface area (Å²) in [6, 6.07) is 18.5. The fourth-order valence-electron chi connectivity index (χ4n) is 2.91. The van der Waals surface area contributed by atoms with Gasteiger partial charge >= 0.3 is 0 Å². The normalized spacial score (nSPS) is 11.9. The van der Waals surface area contributed by atoms with Crippen molar-refractivity contribution in [1.82, 2.24) is 0 Å². The Morgan fingerprint density at radius 3 is 2.36 bits per heavy atom. The van der Waals surface area contributed by atoms with Crippen molar-refractivity contribution in [3.8, 4) is 11.5 Å². The molecule has 0 saturated carbocycles. The highest BCUT2D eigenvalue weighted by Gasteiger charge is 2.15. The molecule has 0 aromatic heterocycles. The van der Waals surface area contributed by atoms with Crippen molar-refractivity contribution in [2.24, 2.45) is 4.99 Å². The van der Waals surface area contributed by atoms with Crippen LogP contribution in [0.1, 0.15) is 43.0 Å². The molecule has 4 heteroatoms. The molecule has 0 fully saturated rings. The number of phenols is 2. The molecule has 3 aromatic rings. The standard InChI is InChI=1S/C24H24ClNO2/c1-24(2,3)19-9-11-23(28)21(14-19)26-15-18-13-16(8-10-22(18)27)12-17-6-4-5-7-20(17)25/h4-11,13-15,27-28H,12H2,1-3H3. The number of rotatable bonds is 4. The average molecular weight is 394 g/mol. The molecule has 3 aromatic carbocycles. The molecule has 0 amide bonds. The van der Waals surface area contributed by atoms with Gasteiger partial charge in [-0.3, -0.25) is 4.99 Å². The molecule has 0 bridgehead atoms. The van der Waals surface area contributed by atoms with Crippen molar-refractivity contribution in [3.63, 3.8) is 0 Å². The van der Waals surface area contributed by atoms with E-state index >= 15 is 0 Å². The van der Waals surface area contributed by atoms with Crippen LogP contribution >= 0.6 is 11.6 Å². The third-order valence-corrected chi connectivity index (χ3v) is 5.00. The summed E-state index contributed by atoms with van der Waals surface area (Å²) in [7, 11) is 0. The highest BCUT2D eigenvalue weighted by atomic mass is 35.5. The predicted molar refractivity (Wildman–Crippen MR) is 116 cm³/mol.